The average Bonchev–Trinajstić information content (AvgIpc) is 3.16. The predicted molar refractivity (Wildman–Crippen MR) is 102 cm³/mol. The van der Waals surface area contributed by atoms with Crippen LogP contribution in [0.5, 0.6) is 0 Å². The van der Waals surface area contributed by atoms with Crippen molar-refractivity contribution in [1.29, 1.82) is 0 Å². The Morgan fingerprint density at radius 3 is 2.82 bits per heavy atom. The summed E-state index contributed by atoms with van der Waals surface area (Å²) in [6.07, 6.45) is 8.00. The Labute approximate surface area is 165 Å². The van der Waals surface area contributed by atoms with Crippen LogP contribution in [0.2, 0.25) is 0 Å². The van der Waals surface area contributed by atoms with Gasteiger partial charge in [0, 0.05) is 31.7 Å². The summed E-state index contributed by atoms with van der Waals surface area (Å²) < 4.78 is 12.2. The molecule has 0 amide bonds. The van der Waals surface area contributed by atoms with E-state index in [0.29, 0.717) is 6.42 Å². The van der Waals surface area contributed by atoms with Crippen LogP contribution in [0, 0.1) is 23.7 Å². The van der Waals surface area contributed by atoms with E-state index in [-0.39, 0.29) is 42.4 Å². The number of carbonyl (C=O) groups is 2. The fourth-order valence-corrected chi connectivity index (χ4v) is 4.77. The van der Waals surface area contributed by atoms with Gasteiger partial charge in [-0.05, 0) is 43.1 Å². The molecule has 0 radical (unpaired) electrons. The molecule has 7 heteroatoms. The molecule has 1 fully saturated rings. The zero-order valence-electron chi connectivity index (χ0n) is 17.0. The molecule has 7 nitrogen and oxygen atoms in total. The molecule has 1 unspecified atom stereocenters. The van der Waals surface area contributed by atoms with Gasteiger partial charge in [-0.3, -0.25) is 4.79 Å². The SMILES string of the molecule is CC(=O)O[C@@H]1C[C@@]2(O)[C@H](C)CC[C@@H](C(C)COC(=O)n3ccnc3)[C@H]2C=C1C. The molecular formula is C21H30N2O5. The summed E-state index contributed by atoms with van der Waals surface area (Å²) in [5.74, 6) is -0.00251. The third-order valence-electron chi connectivity index (χ3n) is 6.51. The van der Waals surface area contributed by atoms with E-state index in [1.54, 1.807) is 6.20 Å². The number of nitrogens with zero attached hydrogens (tertiary/aromatic N) is 2. The van der Waals surface area contributed by atoms with Gasteiger partial charge in [-0.2, -0.15) is 0 Å². The zero-order valence-corrected chi connectivity index (χ0v) is 17.0. The van der Waals surface area contributed by atoms with Crippen LogP contribution in [-0.2, 0) is 14.3 Å². The van der Waals surface area contributed by atoms with Gasteiger partial charge in [0.25, 0.3) is 0 Å². The Morgan fingerprint density at radius 2 is 2.18 bits per heavy atom. The maximum absolute atomic E-state index is 12.1. The van der Waals surface area contributed by atoms with Crippen molar-refractivity contribution in [2.45, 2.75) is 58.7 Å². The molecule has 28 heavy (non-hydrogen) atoms. The van der Waals surface area contributed by atoms with Crippen molar-refractivity contribution < 1.29 is 24.2 Å². The molecule has 0 aliphatic heterocycles. The highest BCUT2D eigenvalue weighted by Crippen LogP contribution is 2.51. The third kappa shape index (κ3) is 3.99. The van der Waals surface area contributed by atoms with Gasteiger partial charge < -0.3 is 14.6 Å². The number of fused-ring (bicyclic) bond motifs is 1. The van der Waals surface area contributed by atoms with Crippen molar-refractivity contribution in [1.82, 2.24) is 9.55 Å². The fraction of sp³-hybridized carbons (Fsp3) is 0.667. The largest absolute Gasteiger partial charge is 0.458 e. The molecule has 1 heterocycles. The van der Waals surface area contributed by atoms with Crippen LogP contribution < -0.4 is 0 Å². The lowest BCUT2D eigenvalue weighted by atomic mass is 9.57. The fourth-order valence-electron chi connectivity index (χ4n) is 4.77. The molecular weight excluding hydrogens is 360 g/mol. The Morgan fingerprint density at radius 1 is 1.43 bits per heavy atom. The van der Waals surface area contributed by atoms with Crippen LogP contribution in [0.15, 0.2) is 30.4 Å². The second-order valence-electron chi connectivity index (χ2n) is 8.40. The molecule has 0 bridgehead atoms. The molecule has 0 saturated heterocycles. The first kappa shape index (κ1) is 20.6. The minimum absolute atomic E-state index is 0.0509. The number of esters is 1. The van der Waals surface area contributed by atoms with Crippen LogP contribution >= 0.6 is 0 Å². The average molecular weight is 390 g/mol. The number of ether oxygens (including phenoxy) is 2. The van der Waals surface area contributed by atoms with Crippen molar-refractivity contribution in [3.63, 3.8) is 0 Å². The highest BCUT2D eigenvalue weighted by Gasteiger charge is 2.52. The first-order valence-corrected chi connectivity index (χ1v) is 9.95. The van der Waals surface area contributed by atoms with E-state index >= 15 is 0 Å². The lowest BCUT2D eigenvalue weighted by molar-refractivity contribution is -0.159. The molecule has 1 aromatic heterocycles. The third-order valence-corrected chi connectivity index (χ3v) is 6.51. The van der Waals surface area contributed by atoms with Gasteiger partial charge in [0.05, 0.1) is 12.2 Å². The van der Waals surface area contributed by atoms with Crippen LogP contribution in [0.1, 0.15) is 47.0 Å². The molecule has 0 aromatic carbocycles. The van der Waals surface area contributed by atoms with Gasteiger partial charge in [0.2, 0.25) is 0 Å². The van der Waals surface area contributed by atoms with E-state index in [2.05, 4.69) is 24.9 Å². The number of aliphatic hydroxyl groups is 1. The molecule has 2 aliphatic rings. The van der Waals surface area contributed by atoms with Crippen LogP contribution in [-0.4, -0.2) is 45.0 Å². The monoisotopic (exact) mass is 390 g/mol. The number of hydrogen-bond acceptors (Lipinski definition) is 6. The van der Waals surface area contributed by atoms with E-state index in [4.69, 9.17) is 9.47 Å². The van der Waals surface area contributed by atoms with Gasteiger partial charge >= 0.3 is 12.1 Å². The van der Waals surface area contributed by atoms with Gasteiger partial charge in [0.15, 0.2) is 0 Å². The van der Waals surface area contributed by atoms with Gasteiger partial charge in [-0.1, -0.05) is 19.9 Å². The topological polar surface area (TPSA) is 90.7 Å². The van der Waals surface area contributed by atoms with Crippen LogP contribution in [0.25, 0.3) is 0 Å². The second-order valence-corrected chi connectivity index (χ2v) is 8.40. The normalized spacial score (nSPS) is 33.4. The number of imidazole rings is 1. The lowest BCUT2D eigenvalue weighted by Crippen LogP contribution is -2.56. The Balaban J connectivity index is 1.74. The summed E-state index contributed by atoms with van der Waals surface area (Å²) in [7, 11) is 0. The lowest BCUT2D eigenvalue weighted by Gasteiger charge is -2.52. The highest BCUT2D eigenvalue weighted by molar-refractivity contribution is 5.69. The van der Waals surface area contributed by atoms with Crippen molar-refractivity contribution in [2.75, 3.05) is 6.61 Å². The molecule has 6 atom stereocenters. The Hall–Kier alpha value is -2.15. The standard InChI is InChI=1S/C21H30N2O5/c1-13-9-18-17(14(2)11-27-20(25)23-8-7-22-12-23)6-5-15(3)21(18,26)10-19(13)28-16(4)24/h7-9,12,14-15,17-19,26H,5-6,10-11H2,1-4H3/t14?,15-,17+,18-,19-,21-/m1/s1. The molecule has 3 rings (SSSR count). The minimum Gasteiger partial charge on any atom is -0.458 e. The maximum atomic E-state index is 12.1. The number of hydrogen-bond donors (Lipinski definition) is 1. The van der Waals surface area contributed by atoms with Crippen LogP contribution in [0.4, 0.5) is 4.79 Å². The molecule has 154 valence electrons. The molecule has 0 spiro atoms. The first-order valence-electron chi connectivity index (χ1n) is 9.95. The quantitative estimate of drug-likeness (QED) is 0.627. The summed E-state index contributed by atoms with van der Waals surface area (Å²) in [4.78, 5) is 27.4. The minimum atomic E-state index is -0.925. The Kier molecular flexibility index (Phi) is 5.93. The van der Waals surface area contributed by atoms with E-state index in [9.17, 15) is 14.7 Å². The molecule has 1 saturated carbocycles. The summed E-state index contributed by atoms with van der Waals surface area (Å²) in [5, 5.41) is 11.6. The smallest absolute Gasteiger partial charge is 0.419 e. The number of carbonyl (C=O) groups excluding carboxylic acids is 2. The second kappa shape index (κ2) is 8.07. The van der Waals surface area contributed by atoms with E-state index < -0.39 is 11.7 Å². The van der Waals surface area contributed by atoms with Gasteiger partial charge in [-0.25, -0.2) is 14.3 Å². The first-order chi connectivity index (χ1) is 13.2. The van der Waals surface area contributed by atoms with Gasteiger partial charge in [0.1, 0.15) is 12.4 Å². The van der Waals surface area contributed by atoms with Crippen LogP contribution in [0.3, 0.4) is 0 Å². The van der Waals surface area contributed by atoms with Gasteiger partial charge in [-0.15, -0.1) is 0 Å². The summed E-state index contributed by atoms with van der Waals surface area (Å²) >= 11 is 0. The predicted octanol–water partition coefficient (Wildman–Crippen LogP) is 3.18. The molecule has 1 N–H and O–H groups in total. The van der Waals surface area contributed by atoms with E-state index in [1.165, 1.54) is 24.0 Å². The van der Waals surface area contributed by atoms with E-state index in [0.717, 1.165) is 18.4 Å². The zero-order chi connectivity index (χ0) is 20.5. The summed E-state index contributed by atoms with van der Waals surface area (Å²) in [6.45, 7) is 7.75. The highest BCUT2D eigenvalue weighted by atomic mass is 16.6. The summed E-state index contributed by atoms with van der Waals surface area (Å²) in [6, 6.07) is 0. The Bertz CT molecular complexity index is 744. The van der Waals surface area contributed by atoms with E-state index in [1.807, 2.05) is 6.92 Å². The maximum Gasteiger partial charge on any atom is 0.419 e. The summed E-state index contributed by atoms with van der Waals surface area (Å²) in [5.41, 5.74) is 0.0529. The number of aromatic nitrogens is 2. The molecule has 2 aliphatic carbocycles. The van der Waals surface area contributed by atoms with Crippen molar-refractivity contribution in [2.24, 2.45) is 23.7 Å². The van der Waals surface area contributed by atoms with Crippen molar-refractivity contribution in [3.8, 4) is 0 Å². The molecule has 1 aromatic rings. The number of rotatable bonds is 4. The van der Waals surface area contributed by atoms with Crippen molar-refractivity contribution >= 4 is 12.1 Å². The van der Waals surface area contributed by atoms with Crippen molar-refractivity contribution in [3.05, 3.63) is 30.4 Å².